The lowest BCUT2D eigenvalue weighted by atomic mass is 9.95. The van der Waals surface area contributed by atoms with Crippen LogP contribution in [0.3, 0.4) is 0 Å². The highest BCUT2D eigenvalue weighted by molar-refractivity contribution is 6.08. The number of fused-ring (bicyclic) bond motifs is 2. The summed E-state index contributed by atoms with van der Waals surface area (Å²) in [5.74, 6) is -0.221. The average molecular weight is 367 g/mol. The van der Waals surface area contributed by atoms with Gasteiger partial charge in [0.1, 0.15) is 22.7 Å². The van der Waals surface area contributed by atoms with E-state index in [-0.39, 0.29) is 17.4 Å². The number of methoxy groups -OCH3 is 1. The molecule has 6 heteroatoms. The van der Waals surface area contributed by atoms with Gasteiger partial charge in [0.05, 0.1) is 7.11 Å². The van der Waals surface area contributed by atoms with Gasteiger partial charge < -0.3 is 14.1 Å². The van der Waals surface area contributed by atoms with Gasteiger partial charge in [-0.15, -0.1) is 0 Å². The van der Waals surface area contributed by atoms with Crippen LogP contribution in [0.1, 0.15) is 29.3 Å². The first-order chi connectivity index (χ1) is 13.0. The maximum absolute atomic E-state index is 13.6. The number of carbonyl (C=O) groups excluding carboxylic acids is 1. The number of aryl methyl sites for hydroxylation is 1. The first-order valence-electron chi connectivity index (χ1n) is 8.72. The van der Waals surface area contributed by atoms with Gasteiger partial charge >= 0.3 is 5.63 Å². The van der Waals surface area contributed by atoms with E-state index in [0.29, 0.717) is 35.2 Å². The lowest BCUT2D eigenvalue weighted by Crippen LogP contribution is -2.43. The zero-order valence-corrected chi connectivity index (χ0v) is 15.0. The Morgan fingerprint density at radius 3 is 2.81 bits per heavy atom. The summed E-state index contributed by atoms with van der Waals surface area (Å²) >= 11 is 0. The molecule has 0 N–H and O–H groups in total. The van der Waals surface area contributed by atoms with Gasteiger partial charge in [-0.05, 0) is 61.7 Å². The molecule has 1 atom stereocenters. The summed E-state index contributed by atoms with van der Waals surface area (Å²) in [6.07, 6.45) is 1.38. The third-order valence-electron chi connectivity index (χ3n) is 4.97. The van der Waals surface area contributed by atoms with Crippen molar-refractivity contribution in [3.63, 3.8) is 0 Å². The summed E-state index contributed by atoms with van der Waals surface area (Å²) in [5.41, 5.74) is 0.995. The number of ether oxygens (including phenoxy) is 1. The fourth-order valence-corrected chi connectivity index (χ4v) is 3.53. The molecule has 1 amide bonds. The fraction of sp³-hybridized carbons (Fsp3) is 0.238. The van der Waals surface area contributed by atoms with Gasteiger partial charge in [0, 0.05) is 23.2 Å². The molecule has 0 spiro atoms. The van der Waals surface area contributed by atoms with Crippen molar-refractivity contribution in [3.05, 3.63) is 69.8 Å². The molecule has 2 heterocycles. The number of halogens is 1. The van der Waals surface area contributed by atoms with E-state index in [1.165, 1.54) is 25.3 Å². The number of anilines is 1. The number of benzene rings is 2. The summed E-state index contributed by atoms with van der Waals surface area (Å²) in [7, 11) is 1.52. The van der Waals surface area contributed by atoms with Crippen LogP contribution in [0, 0.1) is 5.82 Å². The van der Waals surface area contributed by atoms with Crippen molar-refractivity contribution < 1.29 is 18.3 Å². The Kier molecular flexibility index (Phi) is 4.18. The molecule has 0 aliphatic carbocycles. The van der Waals surface area contributed by atoms with Crippen molar-refractivity contribution >= 4 is 22.6 Å². The van der Waals surface area contributed by atoms with E-state index in [9.17, 15) is 14.0 Å². The minimum Gasteiger partial charge on any atom is -0.497 e. The standard InChI is InChI=1S/C21H18FNO4/c1-12-3-4-13-9-15(22)6-8-18(13)23(12)20(24)17-10-14-5-7-16(26-2)11-19(14)27-21(17)25/h5-12H,3-4H2,1-2H3/t12-/m1/s1. The van der Waals surface area contributed by atoms with Gasteiger partial charge in [-0.1, -0.05) is 0 Å². The first kappa shape index (κ1) is 17.3. The van der Waals surface area contributed by atoms with Gasteiger partial charge in [0.15, 0.2) is 0 Å². The lowest BCUT2D eigenvalue weighted by Gasteiger charge is -2.35. The Bertz CT molecular complexity index is 1110. The number of hydrogen-bond acceptors (Lipinski definition) is 4. The number of rotatable bonds is 2. The van der Waals surface area contributed by atoms with E-state index in [1.807, 2.05) is 6.92 Å². The summed E-state index contributed by atoms with van der Waals surface area (Å²) in [5, 5.41) is 0.628. The SMILES string of the molecule is COc1ccc2cc(C(=O)N3c4ccc(F)cc4CC[C@H]3C)c(=O)oc2c1. The van der Waals surface area contributed by atoms with Crippen LogP contribution in [0.2, 0.25) is 0 Å². The van der Waals surface area contributed by atoms with Crippen LogP contribution in [0.4, 0.5) is 10.1 Å². The monoisotopic (exact) mass is 367 g/mol. The molecular formula is C21H18FNO4. The second-order valence-electron chi connectivity index (χ2n) is 6.69. The Morgan fingerprint density at radius 2 is 2.04 bits per heavy atom. The lowest BCUT2D eigenvalue weighted by molar-refractivity contribution is 0.0971. The van der Waals surface area contributed by atoms with E-state index in [4.69, 9.17) is 9.15 Å². The first-order valence-corrected chi connectivity index (χ1v) is 8.72. The molecule has 0 radical (unpaired) electrons. The van der Waals surface area contributed by atoms with E-state index in [1.54, 1.807) is 29.2 Å². The Morgan fingerprint density at radius 1 is 1.22 bits per heavy atom. The third-order valence-corrected chi connectivity index (χ3v) is 4.97. The Hall–Kier alpha value is -3.15. The van der Waals surface area contributed by atoms with Gasteiger partial charge in [-0.3, -0.25) is 4.79 Å². The van der Waals surface area contributed by atoms with Crippen LogP contribution in [-0.2, 0) is 6.42 Å². The molecule has 1 aliphatic rings. The number of carbonyl (C=O) groups is 1. The highest BCUT2D eigenvalue weighted by Crippen LogP contribution is 2.32. The van der Waals surface area contributed by atoms with Crippen LogP contribution in [0.15, 0.2) is 51.7 Å². The van der Waals surface area contributed by atoms with Crippen LogP contribution in [-0.4, -0.2) is 19.1 Å². The minimum atomic E-state index is -0.706. The van der Waals surface area contributed by atoms with Crippen LogP contribution >= 0.6 is 0 Å². The van der Waals surface area contributed by atoms with Gasteiger partial charge in [0.2, 0.25) is 0 Å². The Balaban J connectivity index is 1.81. The predicted molar refractivity (Wildman–Crippen MR) is 100 cm³/mol. The average Bonchev–Trinajstić information content (AvgIpc) is 2.66. The fourth-order valence-electron chi connectivity index (χ4n) is 3.53. The molecule has 1 aliphatic heterocycles. The van der Waals surface area contributed by atoms with Gasteiger partial charge in [-0.25, -0.2) is 9.18 Å². The molecule has 5 nitrogen and oxygen atoms in total. The predicted octanol–water partition coefficient (Wildman–Crippen LogP) is 3.92. The van der Waals surface area contributed by atoms with Gasteiger partial charge in [-0.2, -0.15) is 0 Å². The highest BCUT2D eigenvalue weighted by Gasteiger charge is 2.31. The molecule has 4 rings (SSSR count). The highest BCUT2D eigenvalue weighted by atomic mass is 19.1. The summed E-state index contributed by atoms with van der Waals surface area (Å²) in [6, 6.07) is 10.9. The summed E-state index contributed by atoms with van der Waals surface area (Å²) in [4.78, 5) is 27.2. The number of amides is 1. The molecule has 3 aromatic rings. The smallest absolute Gasteiger partial charge is 0.349 e. The third kappa shape index (κ3) is 2.97. The van der Waals surface area contributed by atoms with Crippen LogP contribution in [0.25, 0.3) is 11.0 Å². The Labute approximate surface area is 155 Å². The van der Waals surface area contributed by atoms with E-state index >= 15 is 0 Å². The molecule has 138 valence electrons. The van der Waals surface area contributed by atoms with Crippen LogP contribution in [0.5, 0.6) is 5.75 Å². The summed E-state index contributed by atoms with van der Waals surface area (Å²) < 4.78 is 24.0. The maximum atomic E-state index is 13.6. The molecule has 0 saturated carbocycles. The quantitative estimate of drug-likeness (QED) is 0.644. The number of nitrogens with zero attached hydrogens (tertiary/aromatic N) is 1. The van der Waals surface area contributed by atoms with E-state index < -0.39 is 11.5 Å². The van der Waals surface area contributed by atoms with Gasteiger partial charge in [0.25, 0.3) is 5.91 Å². The maximum Gasteiger partial charge on any atom is 0.349 e. The molecule has 0 saturated heterocycles. The van der Waals surface area contributed by atoms with Crippen molar-refractivity contribution in [1.82, 2.24) is 0 Å². The molecule has 1 aromatic heterocycles. The van der Waals surface area contributed by atoms with Crippen molar-refractivity contribution in [2.75, 3.05) is 12.0 Å². The number of hydrogen-bond donors (Lipinski definition) is 0. The molecule has 0 fully saturated rings. The second kappa shape index (κ2) is 6.54. The van der Waals surface area contributed by atoms with Crippen molar-refractivity contribution in [1.29, 1.82) is 0 Å². The molecular weight excluding hydrogens is 349 g/mol. The van der Waals surface area contributed by atoms with E-state index in [0.717, 1.165) is 5.56 Å². The molecule has 0 unspecified atom stereocenters. The van der Waals surface area contributed by atoms with Crippen molar-refractivity contribution in [3.8, 4) is 5.75 Å². The normalized spacial score (nSPS) is 16.3. The topological polar surface area (TPSA) is 59.8 Å². The molecule has 2 aromatic carbocycles. The second-order valence-corrected chi connectivity index (χ2v) is 6.69. The van der Waals surface area contributed by atoms with E-state index in [2.05, 4.69) is 0 Å². The van der Waals surface area contributed by atoms with Crippen LogP contribution < -0.4 is 15.3 Å². The molecule has 27 heavy (non-hydrogen) atoms. The summed E-state index contributed by atoms with van der Waals surface area (Å²) in [6.45, 7) is 1.91. The van der Waals surface area contributed by atoms with Crippen molar-refractivity contribution in [2.45, 2.75) is 25.8 Å². The molecule has 0 bridgehead atoms. The van der Waals surface area contributed by atoms with Crippen molar-refractivity contribution in [2.24, 2.45) is 0 Å². The largest absolute Gasteiger partial charge is 0.497 e. The minimum absolute atomic E-state index is 0.0447. The zero-order valence-electron chi connectivity index (χ0n) is 15.0. The zero-order chi connectivity index (χ0) is 19.1.